The maximum absolute atomic E-state index is 12.9. The molecule has 1 unspecified atom stereocenters. The van der Waals surface area contributed by atoms with Crippen molar-refractivity contribution in [3.8, 4) is 5.88 Å². The van der Waals surface area contributed by atoms with Crippen molar-refractivity contribution < 1.29 is 27.4 Å². The molecule has 2 aromatic heterocycles. The summed E-state index contributed by atoms with van der Waals surface area (Å²) in [4.78, 5) is 35.0. The SMILES string of the molecule is O=C(NCc1ccnc(OCC2CCOC2)c1)c1nc2ccc(C(F)(F)F)cc2c(=O)[nH]1. The van der Waals surface area contributed by atoms with Crippen molar-refractivity contribution in [2.75, 3.05) is 19.8 Å². The number of aromatic amines is 1. The van der Waals surface area contributed by atoms with Gasteiger partial charge in [-0.05, 0) is 36.2 Å². The van der Waals surface area contributed by atoms with E-state index in [4.69, 9.17) is 9.47 Å². The summed E-state index contributed by atoms with van der Waals surface area (Å²) >= 11 is 0. The van der Waals surface area contributed by atoms with E-state index < -0.39 is 23.2 Å². The van der Waals surface area contributed by atoms with E-state index in [0.29, 0.717) is 36.6 Å². The van der Waals surface area contributed by atoms with Crippen molar-refractivity contribution in [2.45, 2.75) is 19.1 Å². The second-order valence-electron chi connectivity index (χ2n) is 7.37. The summed E-state index contributed by atoms with van der Waals surface area (Å²) in [5.41, 5.74) is -1.10. The summed E-state index contributed by atoms with van der Waals surface area (Å²) in [6.45, 7) is 1.98. The number of H-pyrrole nitrogens is 1. The van der Waals surface area contributed by atoms with Crippen LogP contribution in [0.3, 0.4) is 0 Å². The Labute approximate surface area is 179 Å². The number of carbonyl (C=O) groups excluding carboxylic acids is 1. The third kappa shape index (κ3) is 5.05. The molecule has 3 heterocycles. The lowest BCUT2D eigenvalue weighted by molar-refractivity contribution is -0.137. The molecule has 168 valence electrons. The molecular formula is C21H19F3N4O4. The molecular weight excluding hydrogens is 429 g/mol. The van der Waals surface area contributed by atoms with Crippen LogP contribution in [0.25, 0.3) is 10.9 Å². The number of halogens is 3. The fraction of sp³-hybridized carbons (Fsp3) is 0.333. The first-order valence-corrected chi connectivity index (χ1v) is 9.84. The highest BCUT2D eigenvalue weighted by molar-refractivity contribution is 5.92. The van der Waals surface area contributed by atoms with Gasteiger partial charge in [-0.2, -0.15) is 13.2 Å². The minimum absolute atomic E-state index is 0.0117. The van der Waals surface area contributed by atoms with Crippen LogP contribution in [0.2, 0.25) is 0 Å². The number of amides is 1. The molecule has 0 saturated carbocycles. The zero-order valence-corrected chi connectivity index (χ0v) is 16.7. The monoisotopic (exact) mass is 448 g/mol. The number of benzene rings is 1. The second-order valence-corrected chi connectivity index (χ2v) is 7.37. The number of carbonyl (C=O) groups is 1. The molecule has 1 saturated heterocycles. The van der Waals surface area contributed by atoms with Crippen LogP contribution in [0.15, 0.2) is 41.3 Å². The van der Waals surface area contributed by atoms with Gasteiger partial charge < -0.3 is 19.8 Å². The van der Waals surface area contributed by atoms with Crippen molar-refractivity contribution in [1.29, 1.82) is 0 Å². The lowest BCUT2D eigenvalue weighted by Crippen LogP contribution is -2.27. The third-order valence-electron chi connectivity index (χ3n) is 4.99. The molecule has 0 bridgehead atoms. The topological polar surface area (TPSA) is 106 Å². The van der Waals surface area contributed by atoms with E-state index in [2.05, 4.69) is 20.3 Å². The molecule has 32 heavy (non-hydrogen) atoms. The first-order chi connectivity index (χ1) is 15.3. The summed E-state index contributed by atoms with van der Waals surface area (Å²) in [5.74, 6) is -0.232. The first-order valence-electron chi connectivity index (χ1n) is 9.84. The number of aromatic nitrogens is 3. The number of nitrogens with one attached hydrogen (secondary N) is 2. The number of ether oxygens (including phenoxy) is 2. The summed E-state index contributed by atoms with van der Waals surface area (Å²) in [6, 6.07) is 5.96. The third-order valence-corrected chi connectivity index (χ3v) is 4.99. The van der Waals surface area contributed by atoms with Gasteiger partial charge in [0.15, 0.2) is 5.82 Å². The number of rotatable bonds is 6. The van der Waals surface area contributed by atoms with E-state index in [9.17, 15) is 22.8 Å². The van der Waals surface area contributed by atoms with Crippen LogP contribution >= 0.6 is 0 Å². The zero-order chi connectivity index (χ0) is 22.7. The van der Waals surface area contributed by atoms with E-state index in [1.807, 2.05) is 0 Å². The van der Waals surface area contributed by atoms with Gasteiger partial charge in [0, 0.05) is 31.3 Å². The highest BCUT2D eigenvalue weighted by Crippen LogP contribution is 2.30. The summed E-state index contributed by atoms with van der Waals surface area (Å²) in [5, 5.41) is 2.36. The second kappa shape index (κ2) is 8.95. The molecule has 1 aromatic carbocycles. The molecule has 0 spiro atoms. The lowest BCUT2D eigenvalue weighted by Gasteiger charge is -2.11. The van der Waals surface area contributed by atoms with Crippen molar-refractivity contribution in [2.24, 2.45) is 5.92 Å². The molecule has 1 fully saturated rings. The summed E-state index contributed by atoms with van der Waals surface area (Å²) in [7, 11) is 0. The molecule has 11 heteroatoms. The van der Waals surface area contributed by atoms with Crippen LogP contribution in [-0.4, -0.2) is 40.7 Å². The molecule has 1 aliphatic heterocycles. The predicted octanol–water partition coefficient (Wildman–Crippen LogP) is 2.68. The Kier molecular flexibility index (Phi) is 6.08. The standard InChI is InChI=1S/C21H19F3N4O4/c22-21(23,24)14-1-2-16-15(8-14)19(29)28-18(27-16)20(30)26-9-12-3-5-25-17(7-12)32-11-13-4-6-31-10-13/h1-3,5,7-8,13H,4,6,9-11H2,(H,26,30)(H,27,28,29). The Morgan fingerprint density at radius 3 is 2.88 bits per heavy atom. The first kappa shape index (κ1) is 21.8. The molecule has 1 aliphatic rings. The van der Waals surface area contributed by atoms with Gasteiger partial charge in [0.2, 0.25) is 5.88 Å². The fourth-order valence-corrected chi connectivity index (χ4v) is 3.25. The lowest BCUT2D eigenvalue weighted by atomic mass is 10.1. The Morgan fingerprint density at radius 1 is 1.28 bits per heavy atom. The van der Waals surface area contributed by atoms with Crippen LogP contribution < -0.4 is 15.6 Å². The van der Waals surface area contributed by atoms with Gasteiger partial charge in [0.05, 0.1) is 29.7 Å². The molecule has 3 aromatic rings. The van der Waals surface area contributed by atoms with Crippen LogP contribution in [0.1, 0.15) is 28.2 Å². The van der Waals surface area contributed by atoms with Crippen molar-refractivity contribution in [3.63, 3.8) is 0 Å². The molecule has 0 radical (unpaired) electrons. The van der Waals surface area contributed by atoms with Crippen LogP contribution in [0, 0.1) is 5.92 Å². The Morgan fingerprint density at radius 2 is 2.12 bits per heavy atom. The number of nitrogens with zero attached hydrogens (tertiary/aromatic N) is 2. The van der Waals surface area contributed by atoms with Gasteiger partial charge >= 0.3 is 6.18 Å². The number of hydrogen-bond acceptors (Lipinski definition) is 6. The molecule has 0 aliphatic carbocycles. The quantitative estimate of drug-likeness (QED) is 0.601. The number of alkyl halides is 3. The maximum Gasteiger partial charge on any atom is 0.416 e. The fourth-order valence-electron chi connectivity index (χ4n) is 3.25. The van der Waals surface area contributed by atoms with E-state index >= 15 is 0 Å². The van der Waals surface area contributed by atoms with Gasteiger partial charge in [-0.1, -0.05) is 0 Å². The normalized spacial score (nSPS) is 16.3. The van der Waals surface area contributed by atoms with Gasteiger partial charge in [-0.15, -0.1) is 0 Å². The highest BCUT2D eigenvalue weighted by atomic mass is 19.4. The van der Waals surface area contributed by atoms with E-state index in [-0.39, 0.29) is 23.3 Å². The van der Waals surface area contributed by atoms with E-state index in [0.717, 1.165) is 25.2 Å². The van der Waals surface area contributed by atoms with Crippen molar-refractivity contribution in [3.05, 3.63) is 63.8 Å². The number of pyridine rings is 1. The molecule has 8 nitrogen and oxygen atoms in total. The van der Waals surface area contributed by atoms with E-state index in [1.54, 1.807) is 18.3 Å². The largest absolute Gasteiger partial charge is 0.477 e. The molecule has 4 rings (SSSR count). The highest BCUT2D eigenvalue weighted by Gasteiger charge is 2.31. The number of fused-ring (bicyclic) bond motifs is 1. The van der Waals surface area contributed by atoms with Crippen LogP contribution in [0.4, 0.5) is 13.2 Å². The van der Waals surface area contributed by atoms with Gasteiger partial charge in [0.25, 0.3) is 11.5 Å². The minimum atomic E-state index is -4.59. The van der Waals surface area contributed by atoms with Gasteiger partial charge in [-0.3, -0.25) is 9.59 Å². The average molecular weight is 448 g/mol. The smallest absolute Gasteiger partial charge is 0.416 e. The van der Waals surface area contributed by atoms with Crippen molar-refractivity contribution in [1.82, 2.24) is 20.3 Å². The Hall–Kier alpha value is -3.47. The maximum atomic E-state index is 12.9. The molecule has 1 atom stereocenters. The Balaban J connectivity index is 1.42. The molecule has 2 N–H and O–H groups in total. The summed E-state index contributed by atoms with van der Waals surface area (Å²) in [6.07, 6.45) is -2.10. The minimum Gasteiger partial charge on any atom is -0.477 e. The van der Waals surface area contributed by atoms with Crippen LogP contribution in [-0.2, 0) is 17.5 Å². The summed E-state index contributed by atoms with van der Waals surface area (Å²) < 4.78 is 49.5. The molecule has 1 amide bonds. The van der Waals surface area contributed by atoms with Crippen LogP contribution in [0.5, 0.6) is 5.88 Å². The Bertz CT molecular complexity index is 1190. The van der Waals surface area contributed by atoms with Gasteiger partial charge in [0.1, 0.15) is 0 Å². The number of hydrogen-bond donors (Lipinski definition) is 2. The average Bonchev–Trinajstić information content (AvgIpc) is 3.29. The van der Waals surface area contributed by atoms with E-state index in [1.165, 1.54) is 0 Å². The predicted molar refractivity (Wildman–Crippen MR) is 107 cm³/mol. The van der Waals surface area contributed by atoms with Crippen molar-refractivity contribution >= 4 is 16.8 Å². The zero-order valence-electron chi connectivity index (χ0n) is 16.7. The van der Waals surface area contributed by atoms with Gasteiger partial charge in [-0.25, -0.2) is 9.97 Å².